The molecule has 0 fully saturated rings. The molecule has 63 heavy (non-hydrogen) atoms. The molecule has 0 radical (unpaired) electrons. The molecule has 1 aromatic heterocycles. The molecule has 0 aliphatic carbocycles. The predicted octanol–water partition coefficient (Wildman–Crippen LogP) is 17.0. The van der Waals surface area contributed by atoms with Crippen molar-refractivity contribution in [3.8, 4) is 44.6 Å². The minimum absolute atomic E-state index is 1.01. The molecular weight excluding hydrogens is 761 g/mol. The van der Waals surface area contributed by atoms with Crippen LogP contribution in [0.3, 0.4) is 0 Å². The first-order chi connectivity index (χ1) is 31.2. The smallest absolute Gasteiger partial charge is 0.0788 e. The Morgan fingerprint density at radius 3 is 1.38 bits per heavy atom. The fraction of sp³-hybridized carbons (Fsp3) is 0. The number of benzene rings is 11. The van der Waals surface area contributed by atoms with E-state index in [1.54, 1.807) is 0 Å². The number of para-hydroxylation sites is 2. The third kappa shape index (κ3) is 6.40. The van der Waals surface area contributed by atoms with Crippen LogP contribution in [0.15, 0.2) is 243 Å². The highest BCUT2D eigenvalue weighted by Crippen LogP contribution is 2.46. The summed E-state index contributed by atoms with van der Waals surface area (Å²) in [5.41, 5.74) is 13.4. The second kappa shape index (κ2) is 15.3. The van der Waals surface area contributed by atoms with E-state index in [9.17, 15) is 0 Å². The first-order valence-electron chi connectivity index (χ1n) is 21.6. The molecule has 0 unspecified atom stereocenters. The number of rotatable bonds is 7. The van der Waals surface area contributed by atoms with E-state index in [2.05, 4.69) is 248 Å². The van der Waals surface area contributed by atoms with Crippen LogP contribution in [0, 0.1) is 0 Å². The van der Waals surface area contributed by atoms with Gasteiger partial charge in [-0.25, -0.2) is 4.98 Å². The fourth-order valence-corrected chi connectivity index (χ4v) is 9.65. The second-order valence-electron chi connectivity index (χ2n) is 16.3. The molecule has 0 saturated carbocycles. The van der Waals surface area contributed by atoms with Crippen LogP contribution in [0.2, 0.25) is 0 Å². The minimum Gasteiger partial charge on any atom is -0.310 e. The van der Waals surface area contributed by atoms with Gasteiger partial charge in [0.05, 0.1) is 16.9 Å². The maximum atomic E-state index is 5.29. The lowest BCUT2D eigenvalue weighted by molar-refractivity contribution is 1.29. The highest BCUT2D eigenvalue weighted by molar-refractivity contribution is 6.26. The Labute approximate surface area is 366 Å². The average Bonchev–Trinajstić information content (AvgIpc) is 3.37. The van der Waals surface area contributed by atoms with Gasteiger partial charge < -0.3 is 4.90 Å². The molecule has 0 N–H and O–H groups in total. The van der Waals surface area contributed by atoms with E-state index in [0.717, 1.165) is 55.9 Å². The van der Waals surface area contributed by atoms with Gasteiger partial charge >= 0.3 is 0 Å². The maximum Gasteiger partial charge on any atom is 0.0788 e. The zero-order valence-electron chi connectivity index (χ0n) is 34.5. The lowest BCUT2D eigenvalue weighted by atomic mass is 9.91. The third-order valence-electron chi connectivity index (χ3n) is 12.6. The van der Waals surface area contributed by atoms with Crippen LogP contribution in [0.5, 0.6) is 0 Å². The third-order valence-corrected chi connectivity index (χ3v) is 12.6. The van der Waals surface area contributed by atoms with Gasteiger partial charge in [0.15, 0.2) is 0 Å². The Hall–Kier alpha value is -8.33. The number of anilines is 3. The quantitative estimate of drug-likeness (QED) is 0.149. The highest BCUT2D eigenvalue weighted by Gasteiger charge is 2.21. The van der Waals surface area contributed by atoms with Crippen LogP contribution in [-0.2, 0) is 0 Å². The number of pyridine rings is 1. The molecule has 12 rings (SSSR count). The van der Waals surface area contributed by atoms with Crippen LogP contribution in [0.25, 0.3) is 98.6 Å². The minimum atomic E-state index is 1.01. The lowest BCUT2D eigenvalue weighted by Crippen LogP contribution is -2.11. The summed E-state index contributed by atoms with van der Waals surface area (Å²) in [6, 6.07) is 88.0. The van der Waals surface area contributed by atoms with E-state index in [4.69, 9.17) is 4.98 Å². The first kappa shape index (κ1) is 36.5. The number of hydrogen-bond donors (Lipinski definition) is 0. The average molecular weight is 801 g/mol. The van der Waals surface area contributed by atoms with Crippen LogP contribution in [0.4, 0.5) is 17.1 Å². The Balaban J connectivity index is 1.10. The van der Waals surface area contributed by atoms with Crippen molar-refractivity contribution in [2.24, 2.45) is 0 Å². The van der Waals surface area contributed by atoms with Crippen molar-refractivity contribution in [2.45, 2.75) is 0 Å². The molecule has 0 amide bonds. The molecule has 1 heterocycles. The molecule has 0 atom stereocenters. The van der Waals surface area contributed by atoms with Gasteiger partial charge in [0.25, 0.3) is 0 Å². The highest BCUT2D eigenvalue weighted by atomic mass is 15.1. The summed E-state index contributed by atoms with van der Waals surface area (Å²) in [5.74, 6) is 0. The van der Waals surface area contributed by atoms with Gasteiger partial charge in [-0.15, -0.1) is 0 Å². The molecule has 11 aromatic carbocycles. The summed E-state index contributed by atoms with van der Waals surface area (Å²) >= 11 is 0. The van der Waals surface area contributed by atoms with Crippen molar-refractivity contribution in [3.05, 3.63) is 243 Å². The van der Waals surface area contributed by atoms with Crippen molar-refractivity contribution in [3.63, 3.8) is 0 Å². The number of fused-ring (bicyclic) bond motifs is 9. The molecular formula is C61H40N2. The van der Waals surface area contributed by atoms with Gasteiger partial charge in [-0.05, 0) is 114 Å². The van der Waals surface area contributed by atoms with Crippen molar-refractivity contribution >= 4 is 71.1 Å². The second-order valence-corrected chi connectivity index (χ2v) is 16.3. The van der Waals surface area contributed by atoms with Gasteiger partial charge in [-0.2, -0.15) is 0 Å². The molecule has 0 aliphatic heterocycles. The Morgan fingerprint density at radius 1 is 0.254 bits per heavy atom. The first-order valence-corrected chi connectivity index (χ1v) is 21.6. The van der Waals surface area contributed by atoms with Gasteiger partial charge in [-0.1, -0.05) is 194 Å². The number of nitrogens with zero attached hydrogens (tertiary/aromatic N) is 2. The Bertz CT molecular complexity index is 3590. The largest absolute Gasteiger partial charge is 0.310 e. The van der Waals surface area contributed by atoms with Gasteiger partial charge in [0, 0.05) is 33.3 Å². The molecule has 0 spiro atoms. The number of aromatic nitrogens is 1. The van der Waals surface area contributed by atoms with E-state index in [1.807, 2.05) is 0 Å². The van der Waals surface area contributed by atoms with Crippen LogP contribution >= 0.6 is 0 Å². The molecule has 2 nitrogen and oxygen atoms in total. The van der Waals surface area contributed by atoms with E-state index in [0.29, 0.717) is 0 Å². The summed E-state index contributed by atoms with van der Waals surface area (Å²) < 4.78 is 0. The molecule has 294 valence electrons. The zero-order chi connectivity index (χ0) is 41.7. The Morgan fingerprint density at radius 2 is 0.730 bits per heavy atom. The van der Waals surface area contributed by atoms with Crippen molar-refractivity contribution < 1.29 is 0 Å². The van der Waals surface area contributed by atoms with Gasteiger partial charge in [0.1, 0.15) is 0 Å². The summed E-state index contributed by atoms with van der Waals surface area (Å²) in [6.07, 6.45) is 0. The van der Waals surface area contributed by atoms with Crippen molar-refractivity contribution in [2.75, 3.05) is 4.90 Å². The fourth-order valence-electron chi connectivity index (χ4n) is 9.65. The van der Waals surface area contributed by atoms with Crippen LogP contribution in [-0.4, -0.2) is 4.98 Å². The monoisotopic (exact) mass is 800 g/mol. The predicted molar refractivity (Wildman–Crippen MR) is 268 cm³/mol. The SMILES string of the molecule is c1ccc(-c2cc(-c3ccccc3)cc(N(c3ccc4c5ccc(-c6nc7ccccc7c7ccccc67)cc5c5ccccc5c4c3)c3ccccc3-c3ccccc3)c2)cc1. The normalized spacial score (nSPS) is 11.5. The molecule has 0 saturated heterocycles. The van der Waals surface area contributed by atoms with Gasteiger partial charge in [-0.3, -0.25) is 0 Å². The topological polar surface area (TPSA) is 16.1 Å². The summed E-state index contributed by atoms with van der Waals surface area (Å²) in [7, 11) is 0. The van der Waals surface area contributed by atoms with Crippen LogP contribution in [0.1, 0.15) is 0 Å². The molecule has 12 aromatic rings. The standard InChI is InChI=1S/C61H40N2/c1-4-18-41(19-5-1)45-36-46(42-20-6-2-7-21-42)38-48(37-45)63(60-31-17-15-24-49(60)43-22-8-3-9-23-43)47-33-35-54-53-34-32-44(39-57(53)50-25-10-11-26-51(50)58(54)40-47)61-56-29-13-12-27-52(56)55-28-14-16-30-59(55)62-61/h1-40H. The zero-order valence-corrected chi connectivity index (χ0v) is 34.5. The molecule has 2 heteroatoms. The lowest BCUT2D eigenvalue weighted by Gasteiger charge is -2.29. The van der Waals surface area contributed by atoms with E-state index >= 15 is 0 Å². The number of hydrogen-bond acceptors (Lipinski definition) is 2. The maximum absolute atomic E-state index is 5.29. The summed E-state index contributed by atoms with van der Waals surface area (Å²) in [5, 5.41) is 10.9. The van der Waals surface area contributed by atoms with Crippen molar-refractivity contribution in [1.29, 1.82) is 0 Å². The van der Waals surface area contributed by atoms with Crippen molar-refractivity contribution in [1.82, 2.24) is 4.98 Å². The summed E-state index contributed by atoms with van der Waals surface area (Å²) in [4.78, 5) is 7.74. The summed E-state index contributed by atoms with van der Waals surface area (Å²) in [6.45, 7) is 0. The van der Waals surface area contributed by atoms with E-state index < -0.39 is 0 Å². The Kier molecular flexibility index (Phi) is 8.86. The van der Waals surface area contributed by atoms with Crippen LogP contribution < -0.4 is 4.90 Å². The van der Waals surface area contributed by atoms with Gasteiger partial charge in [0.2, 0.25) is 0 Å². The van der Waals surface area contributed by atoms with E-state index in [1.165, 1.54) is 59.8 Å². The molecule has 0 bridgehead atoms. The molecule has 0 aliphatic rings. The van der Waals surface area contributed by atoms with E-state index in [-0.39, 0.29) is 0 Å².